The number of hydrogen-bond donors (Lipinski definition) is 1. The van der Waals surface area contributed by atoms with Crippen molar-refractivity contribution in [3.8, 4) is 23.0 Å². The van der Waals surface area contributed by atoms with Crippen molar-refractivity contribution in [2.75, 3.05) is 19.5 Å². The first-order valence-corrected chi connectivity index (χ1v) is 9.77. The van der Waals surface area contributed by atoms with Crippen LogP contribution in [0, 0.1) is 5.92 Å². The SMILES string of the molecule is COc1cc2nccc(Oc3ccc(NC(=O)C4CCCC4)cc3)c2cc1OC. The molecule has 0 bridgehead atoms. The minimum Gasteiger partial charge on any atom is -0.493 e. The summed E-state index contributed by atoms with van der Waals surface area (Å²) in [4.78, 5) is 16.7. The molecule has 4 rings (SSSR count). The Morgan fingerprint density at radius 1 is 0.966 bits per heavy atom. The van der Waals surface area contributed by atoms with Crippen LogP contribution >= 0.6 is 0 Å². The quantitative estimate of drug-likeness (QED) is 0.626. The monoisotopic (exact) mass is 392 g/mol. The van der Waals surface area contributed by atoms with E-state index in [1.807, 2.05) is 42.5 Å². The van der Waals surface area contributed by atoms with E-state index >= 15 is 0 Å². The number of methoxy groups -OCH3 is 2. The van der Waals surface area contributed by atoms with E-state index in [0.29, 0.717) is 23.0 Å². The maximum atomic E-state index is 12.3. The number of carbonyl (C=O) groups excluding carboxylic acids is 1. The highest BCUT2D eigenvalue weighted by atomic mass is 16.5. The first kappa shape index (κ1) is 19.1. The van der Waals surface area contributed by atoms with Crippen molar-refractivity contribution in [2.45, 2.75) is 25.7 Å². The van der Waals surface area contributed by atoms with Gasteiger partial charge in [-0.05, 0) is 49.2 Å². The van der Waals surface area contributed by atoms with Gasteiger partial charge in [-0.1, -0.05) is 12.8 Å². The molecular formula is C23H24N2O4. The molecule has 150 valence electrons. The molecule has 1 aliphatic rings. The van der Waals surface area contributed by atoms with Crippen LogP contribution in [0.3, 0.4) is 0 Å². The number of amides is 1. The fourth-order valence-electron chi connectivity index (χ4n) is 3.70. The Morgan fingerprint density at radius 3 is 2.34 bits per heavy atom. The zero-order valence-electron chi connectivity index (χ0n) is 16.6. The van der Waals surface area contributed by atoms with E-state index in [0.717, 1.165) is 42.3 Å². The van der Waals surface area contributed by atoms with E-state index in [-0.39, 0.29) is 11.8 Å². The lowest BCUT2D eigenvalue weighted by Crippen LogP contribution is -2.20. The largest absolute Gasteiger partial charge is 0.493 e. The Morgan fingerprint density at radius 2 is 1.66 bits per heavy atom. The van der Waals surface area contributed by atoms with Crippen molar-refractivity contribution in [3.05, 3.63) is 48.7 Å². The highest BCUT2D eigenvalue weighted by Gasteiger charge is 2.22. The number of fused-ring (bicyclic) bond motifs is 1. The molecule has 0 radical (unpaired) electrons. The molecule has 6 nitrogen and oxygen atoms in total. The first-order valence-electron chi connectivity index (χ1n) is 9.77. The lowest BCUT2D eigenvalue weighted by Gasteiger charge is -2.13. The molecule has 1 aliphatic carbocycles. The molecule has 0 atom stereocenters. The van der Waals surface area contributed by atoms with Crippen molar-refractivity contribution in [1.82, 2.24) is 4.98 Å². The number of benzene rings is 2. The maximum absolute atomic E-state index is 12.3. The predicted octanol–water partition coefficient (Wildman–Crippen LogP) is 5.17. The van der Waals surface area contributed by atoms with Crippen molar-refractivity contribution >= 4 is 22.5 Å². The molecule has 6 heteroatoms. The van der Waals surface area contributed by atoms with Gasteiger partial charge in [-0.3, -0.25) is 9.78 Å². The molecule has 0 spiro atoms. The van der Waals surface area contributed by atoms with Gasteiger partial charge in [0.15, 0.2) is 11.5 Å². The van der Waals surface area contributed by atoms with Crippen LogP contribution in [0.4, 0.5) is 5.69 Å². The number of aromatic nitrogens is 1. The predicted molar refractivity (Wildman–Crippen MR) is 112 cm³/mol. The third-order valence-electron chi connectivity index (χ3n) is 5.28. The summed E-state index contributed by atoms with van der Waals surface area (Å²) in [5.41, 5.74) is 1.53. The molecule has 1 amide bonds. The molecule has 0 saturated heterocycles. The van der Waals surface area contributed by atoms with Gasteiger partial charge < -0.3 is 19.5 Å². The van der Waals surface area contributed by atoms with Crippen molar-refractivity contribution in [2.24, 2.45) is 5.92 Å². The minimum absolute atomic E-state index is 0.109. The summed E-state index contributed by atoms with van der Waals surface area (Å²) in [6.45, 7) is 0. The van der Waals surface area contributed by atoms with E-state index in [2.05, 4.69) is 10.3 Å². The summed E-state index contributed by atoms with van der Waals surface area (Å²) in [6, 6.07) is 12.9. The van der Waals surface area contributed by atoms with E-state index in [4.69, 9.17) is 14.2 Å². The van der Waals surface area contributed by atoms with Gasteiger partial charge in [0.05, 0.1) is 19.7 Å². The van der Waals surface area contributed by atoms with Crippen LogP contribution in [0.25, 0.3) is 10.9 Å². The summed E-state index contributed by atoms with van der Waals surface area (Å²) in [5, 5.41) is 3.82. The van der Waals surface area contributed by atoms with Crippen LogP contribution in [0.15, 0.2) is 48.7 Å². The fraction of sp³-hybridized carbons (Fsp3) is 0.304. The average molecular weight is 392 g/mol. The number of rotatable bonds is 6. The van der Waals surface area contributed by atoms with Gasteiger partial charge in [-0.2, -0.15) is 0 Å². The highest BCUT2D eigenvalue weighted by molar-refractivity contribution is 5.92. The fourth-order valence-corrected chi connectivity index (χ4v) is 3.70. The molecule has 1 heterocycles. The van der Waals surface area contributed by atoms with Gasteiger partial charge in [0, 0.05) is 29.3 Å². The molecule has 3 aromatic rings. The van der Waals surface area contributed by atoms with Crippen LogP contribution < -0.4 is 19.5 Å². The van der Waals surface area contributed by atoms with E-state index in [1.54, 1.807) is 20.4 Å². The Hall–Kier alpha value is -3.28. The molecule has 2 aromatic carbocycles. The van der Waals surface area contributed by atoms with Crippen LogP contribution in [0.5, 0.6) is 23.0 Å². The lowest BCUT2D eigenvalue weighted by atomic mass is 10.1. The zero-order valence-corrected chi connectivity index (χ0v) is 16.6. The molecular weight excluding hydrogens is 368 g/mol. The lowest BCUT2D eigenvalue weighted by molar-refractivity contribution is -0.119. The smallest absolute Gasteiger partial charge is 0.227 e. The summed E-state index contributed by atoms with van der Waals surface area (Å²) in [6.07, 6.45) is 5.94. The molecule has 1 fully saturated rings. The Labute approximate surface area is 169 Å². The standard InChI is InChI=1S/C23H24N2O4/c1-27-21-13-18-19(14-22(21)28-2)24-12-11-20(18)29-17-9-7-16(8-10-17)25-23(26)15-5-3-4-6-15/h7-15H,3-6H2,1-2H3,(H,25,26). The topological polar surface area (TPSA) is 69.7 Å². The Balaban J connectivity index is 1.53. The van der Waals surface area contributed by atoms with Crippen LogP contribution in [-0.4, -0.2) is 25.1 Å². The Kier molecular flexibility index (Phi) is 5.51. The summed E-state index contributed by atoms with van der Waals surface area (Å²) in [7, 11) is 3.19. The van der Waals surface area contributed by atoms with Crippen molar-refractivity contribution in [1.29, 1.82) is 0 Å². The summed E-state index contributed by atoms with van der Waals surface area (Å²) >= 11 is 0. The maximum Gasteiger partial charge on any atom is 0.227 e. The molecule has 1 aromatic heterocycles. The number of anilines is 1. The van der Waals surface area contributed by atoms with Gasteiger partial charge in [0.25, 0.3) is 0 Å². The summed E-state index contributed by atoms with van der Waals surface area (Å²) < 4.78 is 16.8. The zero-order chi connectivity index (χ0) is 20.2. The third kappa shape index (κ3) is 4.11. The van der Waals surface area contributed by atoms with Gasteiger partial charge in [0.2, 0.25) is 5.91 Å². The highest BCUT2D eigenvalue weighted by Crippen LogP contribution is 2.37. The van der Waals surface area contributed by atoms with Gasteiger partial charge in [-0.25, -0.2) is 0 Å². The Bertz CT molecular complexity index is 1010. The molecule has 1 N–H and O–H groups in total. The van der Waals surface area contributed by atoms with Crippen LogP contribution in [0.1, 0.15) is 25.7 Å². The number of nitrogens with one attached hydrogen (secondary N) is 1. The number of hydrogen-bond acceptors (Lipinski definition) is 5. The normalized spacial score (nSPS) is 14.0. The van der Waals surface area contributed by atoms with Crippen LogP contribution in [0.2, 0.25) is 0 Å². The van der Waals surface area contributed by atoms with Crippen molar-refractivity contribution < 1.29 is 19.0 Å². The van der Waals surface area contributed by atoms with Gasteiger partial charge in [0.1, 0.15) is 11.5 Å². The third-order valence-corrected chi connectivity index (χ3v) is 5.28. The number of ether oxygens (including phenoxy) is 3. The molecule has 29 heavy (non-hydrogen) atoms. The van der Waals surface area contributed by atoms with Gasteiger partial charge in [-0.15, -0.1) is 0 Å². The minimum atomic E-state index is 0.109. The van der Waals surface area contributed by atoms with Crippen molar-refractivity contribution in [3.63, 3.8) is 0 Å². The molecule has 0 unspecified atom stereocenters. The number of carbonyl (C=O) groups is 1. The first-order chi connectivity index (χ1) is 14.2. The van der Waals surface area contributed by atoms with Gasteiger partial charge >= 0.3 is 0 Å². The number of nitrogens with zero attached hydrogens (tertiary/aromatic N) is 1. The van der Waals surface area contributed by atoms with E-state index in [9.17, 15) is 4.79 Å². The second-order valence-electron chi connectivity index (χ2n) is 7.13. The average Bonchev–Trinajstić information content (AvgIpc) is 3.29. The van der Waals surface area contributed by atoms with E-state index < -0.39 is 0 Å². The van der Waals surface area contributed by atoms with E-state index in [1.165, 1.54) is 0 Å². The second kappa shape index (κ2) is 8.39. The molecule has 0 aliphatic heterocycles. The molecule has 1 saturated carbocycles. The summed E-state index contributed by atoms with van der Waals surface area (Å²) in [5.74, 6) is 2.82. The van der Waals surface area contributed by atoms with Crippen LogP contribution in [-0.2, 0) is 4.79 Å². The number of pyridine rings is 1. The second-order valence-corrected chi connectivity index (χ2v) is 7.13.